The topological polar surface area (TPSA) is 63.6 Å². The molecule has 7 heteroatoms. The molecule has 98 valence electrons. The lowest BCUT2D eigenvalue weighted by molar-refractivity contribution is -0.144. The number of carboxylic acids is 1. The molecule has 2 aliphatic rings. The van der Waals surface area contributed by atoms with Gasteiger partial charge in [0.15, 0.2) is 4.87 Å². The van der Waals surface area contributed by atoms with E-state index >= 15 is 0 Å². The third-order valence-electron chi connectivity index (χ3n) is 3.31. The van der Waals surface area contributed by atoms with Crippen LogP contribution in [0.25, 0.3) is 0 Å². The first-order valence-corrected chi connectivity index (χ1v) is 6.25. The van der Waals surface area contributed by atoms with Crippen molar-refractivity contribution in [1.29, 1.82) is 0 Å². The Morgan fingerprint density at radius 3 is 2.61 bits per heavy atom. The first-order valence-electron chi connectivity index (χ1n) is 5.12. The number of hydrogen-bond donors (Lipinski definition) is 1. The number of rotatable bonds is 2. The molecule has 0 aromatic rings. The van der Waals surface area contributed by atoms with Gasteiger partial charge in [-0.25, -0.2) is 9.59 Å². The number of halogens is 3. The highest BCUT2D eigenvalue weighted by atomic mass is 35.5. The van der Waals surface area contributed by atoms with Crippen molar-refractivity contribution in [2.45, 2.75) is 11.3 Å². The fraction of sp³-hybridized carbons (Fsp3) is 0.455. The van der Waals surface area contributed by atoms with E-state index in [2.05, 4.69) is 4.74 Å². The lowest BCUT2D eigenvalue weighted by Gasteiger charge is -2.35. The number of methoxy groups -OCH3 is 1. The highest BCUT2D eigenvalue weighted by Gasteiger charge is 2.58. The van der Waals surface area contributed by atoms with Crippen molar-refractivity contribution in [3.8, 4) is 0 Å². The highest BCUT2D eigenvalue weighted by Crippen LogP contribution is 2.55. The van der Waals surface area contributed by atoms with Crippen molar-refractivity contribution in [3.63, 3.8) is 0 Å². The number of esters is 1. The van der Waals surface area contributed by atoms with Gasteiger partial charge in [0.05, 0.1) is 12.1 Å². The summed E-state index contributed by atoms with van der Waals surface area (Å²) in [6.07, 6.45) is 1.83. The quantitative estimate of drug-likeness (QED) is 0.628. The molecule has 0 aliphatic heterocycles. The van der Waals surface area contributed by atoms with E-state index in [1.54, 1.807) is 0 Å². The van der Waals surface area contributed by atoms with E-state index in [9.17, 15) is 9.59 Å². The zero-order chi connectivity index (χ0) is 13.7. The van der Waals surface area contributed by atoms with Crippen LogP contribution in [0.2, 0.25) is 0 Å². The molecule has 18 heavy (non-hydrogen) atoms. The van der Waals surface area contributed by atoms with Gasteiger partial charge in [0, 0.05) is 22.4 Å². The Bertz CT molecular complexity index is 497. The summed E-state index contributed by atoms with van der Waals surface area (Å²) in [6, 6.07) is 0. The van der Waals surface area contributed by atoms with Crippen molar-refractivity contribution in [2.75, 3.05) is 7.11 Å². The molecule has 0 spiro atoms. The Labute approximate surface area is 118 Å². The summed E-state index contributed by atoms with van der Waals surface area (Å²) >= 11 is 18.3. The molecule has 0 saturated heterocycles. The summed E-state index contributed by atoms with van der Waals surface area (Å²) in [5.41, 5.74) is 0.0502. The van der Waals surface area contributed by atoms with Gasteiger partial charge >= 0.3 is 11.9 Å². The van der Waals surface area contributed by atoms with E-state index in [-0.39, 0.29) is 21.6 Å². The smallest absolute Gasteiger partial charge is 0.333 e. The fourth-order valence-electron chi connectivity index (χ4n) is 2.43. The first-order chi connectivity index (χ1) is 8.33. The molecule has 0 fully saturated rings. The lowest BCUT2D eigenvalue weighted by Crippen LogP contribution is -2.45. The van der Waals surface area contributed by atoms with Crippen LogP contribution in [0.1, 0.15) is 6.42 Å². The highest BCUT2D eigenvalue weighted by molar-refractivity contribution is 6.50. The summed E-state index contributed by atoms with van der Waals surface area (Å²) < 4.78 is 4.62. The number of carboxylic acid groups (broad SMARTS) is 1. The van der Waals surface area contributed by atoms with Crippen molar-refractivity contribution in [2.24, 2.45) is 11.8 Å². The average molecular weight is 312 g/mol. The molecule has 4 nitrogen and oxygen atoms in total. The molecule has 0 radical (unpaired) electrons. The number of fused-ring (bicyclic) bond motifs is 2. The van der Waals surface area contributed by atoms with Crippen LogP contribution < -0.4 is 0 Å². The average Bonchev–Trinajstić information content (AvgIpc) is 2.76. The number of alkyl halides is 1. The van der Waals surface area contributed by atoms with Crippen molar-refractivity contribution >= 4 is 46.7 Å². The molecular weight excluding hydrogens is 302 g/mol. The molecule has 1 N–H and O–H groups in total. The molecular formula is C11H9Cl3O4. The van der Waals surface area contributed by atoms with Crippen LogP contribution in [0.3, 0.4) is 0 Å². The standard InChI is InChI=1S/C11H9Cl3O4/c1-18-10(17)11(14)6-3-4(7(12)8(11)13)2-5(6)9(15)16/h2,4,6H,3H2,1H3,(H,15,16)/t4-,6-,11-/m0/s1. The molecule has 0 heterocycles. The Hall–Kier alpha value is -0.710. The molecule has 0 unspecified atom stereocenters. The number of carbonyl (C=O) groups is 2. The Balaban J connectivity index is 2.58. The van der Waals surface area contributed by atoms with E-state index in [0.29, 0.717) is 6.42 Å². The van der Waals surface area contributed by atoms with E-state index in [1.807, 2.05) is 0 Å². The zero-order valence-corrected chi connectivity index (χ0v) is 11.5. The predicted octanol–water partition coefficient (Wildman–Crippen LogP) is 2.49. The Morgan fingerprint density at radius 1 is 1.50 bits per heavy atom. The number of aliphatic carboxylic acids is 1. The minimum Gasteiger partial charge on any atom is -0.478 e. The maximum atomic E-state index is 11.8. The summed E-state index contributed by atoms with van der Waals surface area (Å²) in [5.74, 6) is -2.96. The van der Waals surface area contributed by atoms with Crippen LogP contribution in [0, 0.1) is 11.8 Å². The van der Waals surface area contributed by atoms with Gasteiger partial charge in [-0.1, -0.05) is 40.9 Å². The third-order valence-corrected chi connectivity index (χ3v) is 5.08. The number of hydrogen-bond acceptors (Lipinski definition) is 3. The van der Waals surface area contributed by atoms with Crippen LogP contribution in [-0.4, -0.2) is 29.0 Å². The Kier molecular flexibility index (Phi) is 3.38. The Morgan fingerprint density at radius 2 is 2.11 bits per heavy atom. The van der Waals surface area contributed by atoms with Crippen molar-refractivity contribution in [1.82, 2.24) is 0 Å². The minimum absolute atomic E-state index is 0.0496. The van der Waals surface area contributed by atoms with E-state index in [1.165, 1.54) is 6.08 Å². The molecule has 0 saturated carbocycles. The van der Waals surface area contributed by atoms with Gasteiger partial charge in [-0.3, -0.25) is 0 Å². The maximum Gasteiger partial charge on any atom is 0.333 e. The monoisotopic (exact) mass is 310 g/mol. The molecule has 0 aromatic heterocycles. The second-order valence-corrected chi connectivity index (χ2v) is 5.57. The predicted molar refractivity (Wildman–Crippen MR) is 66.6 cm³/mol. The summed E-state index contributed by atoms with van der Waals surface area (Å²) in [6.45, 7) is 0. The number of ether oxygens (including phenoxy) is 1. The molecule has 2 rings (SSSR count). The molecule has 3 atom stereocenters. The van der Waals surface area contributed by atoms with Gasteiger partial charge in [0.1, 0.15) is 0 Å². The summed E-state index contributed by atoms with van der Waals surface area (Å²) in [5, 5.41) is 9.28. The van der Waals surface area contributed by atoms with Gasteiger partial charge in [-0.2, -0.15) is 0 Å². The maximum absolute atomic E-state index is 11.8. The SMILES string of the molecule is COC(=O)[C@@]1(Cl)C(Cl)=C(Cl)[C@H]2C=C(C(=O)O)[C@@H]1C2. The van der Waals surface area contributed by atoms with Gasteiger partial charge in [0.25, 0.3) is 0 Å². The minimum atomic E-state index is -1.75. The number of allylic oxidation sites excluding steroid dienone is 2. The van der Waals surface area contributed by atoms with Crippen molar-refractivity contribution in [3.05, 3.63) is 21.7 Å². The molecule has 2 bridgehead atoms. The molecule has 0 amide bonds. The normalized spacial score (nSPS) is 34.3. The van der Waals surface area contributed by atoms with Crippen LogP contribution in [0.4, 0.5) is 0 Å². The largest absolute Gasteiger partial charge is 0.478 e. The van der Waals surface area contributed by atoms with Crippen LogP contribution in [-0.2, 0) is 14.3 Å². The zero-order valence-electron chi connectivity index (χ0n) is 9.25. The summed E-state index contributed by atoms with van der Waals surface area (Å²) in [4.78, 5) is 21.3. The fourth-order valence-corrected chi connectivity index (χ4v) is 3.51. The second kappa shape index (κ2) is 4.44. The number of carbonyl (C=O) groups excluding carboxylic acids is 1. The second-order valence-electron chi connectivity index (χ2n) is 4.19. The molecule has 2 aliphatic carbocycles. The summed E-state index contributed by atoms with van der Waals surface area (Å²) in [7, 11) is 1.16. The van der Waals surface area contributed by atoms with Crippen LogP contribution in [0.5, 0.6) is 0 Å². The van der Waals surface area contributed by atoms with Crippen LogP contribution in [0.15, 0.2) is 21.7 Å². The molecule has 0 aromatic carbocycles. The lowest BCUT2D eigenvalue weighted by atomic mass is 9.80. The van der Waals surface area contributed by atoms with Gasteiger partial charge in [-0.15, -0.1) is 0 Å². The van der Waals surface area contributed by atoms with E-state index in [4.69, 9.17) is 39.9 Å². The van der Waals surface area contributed by atoms with Gasteiger partial charge in [0.2, 0.25) is 0 Å². The van der Waals surface area contributed by atoms with Gasteiger partial charge in [-0.05, 0) is 6.42 Å². The van der Waals surface area contributed by atoms with E-state index < -0.39 is 22.7 Å². The van der Waals surface area contributed by atoms with E-state index in [0.717, 1.165) is 7.11 Å². The first kappa shape index (κ1) is 13.7. The van der Waals surface area contributed by atoms with Crippen LogP contribution >= 0.6 is 34.8 Å². The van der Waals surface area contributed by atoms with Crippen molar-refractivity contribution < 1.29 is 19.4 Å². The third kappa shape index (κ3) is 1.67. The van der Waals surface area contributed by atoms with Gasteiger partial charge < -0.3 is 9.84 Å².